The molecule has 1 heterocycles. The number of ether oxygens (including phenoxy) is 1. The van der Waals surface area contributed by atoms with E-state index in [0.29, 0.717) is 45.2 Å². The Morgan fingerprint density at radius 1 is 1.21 bits per heavy atom. The monoisotopic (exact) mass is 427 g/mol. The summed E-state index contributed by atoms with van der Waals surface area (Å²) >= 11 is 12.1. The van der Waals surface area contributed by atoms with Crippen LogP contribution in [0.25, 0.3) is 10.9 Å². The summed E-state index contributed by atoms with van der Waals surface area (Å²) in [6.07, 6.45) is 2.23. The van der Waals surface area contributed by atoms with E-state index < -0.39 is 5.97 Å². The number of halogens is 2. The lowest BCUT2D eigenvalue weighted by Gasteiger charge is -2.16. The van der Waals surface area contributed by atoms with Gasteiger partial charge in [-0.05, 0) is 48.7 Å². The quantitative estimate of drug-likeness (QED) is 0.505. The zero-order valence-corrected chi connectivity index (χ0v) is 17.6. The molecular formula is C22H19Cl2N3O2. The van der Waals surface area contributed by atoms with Gasteiger partial charge < -0.3 is 10.1 Å². The number of rotatable bonds is 6. The van der Waals surface area contributed by atoms with Gasteiger partial charge in [-0.1, -0.05) is 36.2 Å². The Labute approximate surface area is 179 Å². The Kier molecular flexibility index (Phi) is 6.58. The molecule has 0 saturated carbocycles. The summed E-state index contributed by atoms with van der Waals surface area (Å²) in [4.78, 5) is 17.0. The molecule has 0 aliphatic heterocycles. The second kappa shape index (κ2) is 9.13. The molecule has 3 aromatic rings. The fourth-order valence-corrected chi connectivity index (χ4v) is 3.43. The molecule has 7 heteroatoms. The number of nitrogens with zero attached hydrogens (tertiary/aromatic N) is 2. The summed E-state index contributed by atoms with van der Waals surface area (Å²) in [7, 11) is 0. The van der Waals surface area contributed by atoms with Crippen LogP contribution in [0.3, 0.4) is 0 Å². The summed E-state index contributed by atoms with van der Waals surface area (Å²) in [5.74, 6) is -0.473. The molecule has 0 aliphatic carbocycles. The second-order valence-corrected chi connectivity index (χ2v) is 7.18. The zero-order valence-electron chi connectivity index (χ0n) is 16.1. The molecule has 0 atom stereocenters. The molecule has 0 unspecified atom stereocenters. The zero-order chi connectivity index (χ0) is 21.0. The van der Waals surface area contributed by atoms with Crippen molar-refractivity contribution >= 4 is 45.8 Å². The first-order valence-electron chi connectivity index (χ1n) is 9.19. The Bertz CT molecular complexity index is 1120. The van der Waals surface area contributed by atoms with Crippen LogP contribution in [0.15, 0.2) is 36.5 Å². The number of pyridine rings is 1. The Hall–Kier alpha value is -2.81. The van der Waals surface area contributed by atoms with Crippen LogP contribution in [0.5, 0.6) is 0 Å². The van der Waals surface area contributed by atoms with E-state index in [-0.39, 0.29) is 6.61 Å². The average molecular weight is 428 g/mol. The lowest BCUT2D eigenvalue weighted by molar-refractivity contribution is 0.0527. The Morgan fingerprint density at radius 3 is 2.66 bits per heavy atom. The van der Waals surface area contributed by atoms with Crippen LogP contribution in [-0.4, -0.2) is 17.6 Å². The van der Waals surface area contributed by atoms with Gasteiger partial charge in [-0.25, -0.2) is 4.79 Å². The number of aromatic nitrogens is 1. The molecule has 0 spiro atoms. The van der Waals surface area contributed by atoms with Gasteiger partial charge in [-0.3, -0.25) is 4.98 Å². The minimum Gasteiger partial charge on any atom is -0.462 e. The normalized spacial score (nSPS) is 10.6. The lowest BCUT2D eigenvalue weighted by Crippen LogP contribution is -2.11. The van der Waals surface area contributed by atoms with E-state index in [4.69, 9.17) is 27.9 Å². The average Bonchev–Trinajstić information content (AvgIpc) is 2.73. The number of esters is 1. The van der Waals surface area contributed by atoms with Crippen LogP contribution < -0.4 is 5.32 Å². The van der Waals surface area contributed by atoms with Gasteiger partial charge in [0.15, 0.2) is 0 Å². The number of fused-ring (bicyclic) bond motifs is 1. The predicted molar refractivity (Wildman–Crippen MR) is 116 cm³/mol. The van der Waals surface area contributed by atoms with Gasteiger partial charge in [0.1, 0.15) is 5.56 Å². The number of benzene rings is 2. The van der Waals surface area contributed by atoms with Crippen LogP contribution in [0.1, 0.15) is 40.9 Å². The molecule has 2 aromatic carbocycles. The Morgan fingerprint density at radius 2 is 2.00 bits per heavy atom. The highest BCUT2D eigenvalue weighted by molar-refractivity contribution is 6.42. The van der Waals surface area contributed by atoms with Crippen molar-refractivity contribution in [3.05, 3.63) is 68.8 Å². The molecule has 1 aromatic heterocycles. The van der Waals surface area contributed by atoms with Crippen molar-refractivity contribution in [2.45, 2.75) is 26.8 Å². The summed E-state index contributed by atoms with van der Waals surface area (Å²) in [6, 6.07) is 11.1. The molecule has 0 bridgehead atoms. The number of carbonyl (C=O) groups excluding carboxylic acids is 1. The summed E-state index contributed by atoms with van der Waals surface area (Å²) in [5.41, 5.74) is 3.98. The molecule has 0 fully saturated rings. The number of hydrogen-bond acceptors (Lipinski definition) is 5. The van der Waals surface area contributed by atoms with Crippen LogP contribution in [0, 0.1) is 11.3 Å². The fraction of sp³-hybridized carbons (Fsp3) is 0.227. The molecule has 148 valence electrons. The predicted octanol–water partition coefficient (Wildman–Crippen LogP) is 5.76. The maximum Gasteiger partial charge on any atom is 0.341 e. The highest BCUT2D eigenvalue weighted by Gasteiger charge is 2.18. The summed E-state index contributed by atoms with van der Waals surface area (Å²) in [5, 5.41) is 14.4. The lowest BCUT2D eigenvalue weighted by atomic mass is 10.0. The molecule has 29 heavy (non-hydrogen) atoms. The van der Waals surface area contributed by atoms with Gasteiger partial charge in [-0.15, -0.1) is 0 Å². The topological polar surface area (TPSA) is 75.0 Å². The summed E-state index contributed by atoms with van der Waals surface area (Å²) in [6.45, 7) is 4.40. The van der Waals surface area contributed by atoms with Crippen molar-refractivity contribution in [1.82, 2.24) is 4.98 Å². The van der Waals surface area contributed by atoms with Gasteiger partial charge in [0.05, 0.1) is 39.5 Å². The van der Waals surface area contributed by atoms with Crippen molar-refractivity contribution in [1.29, 1.82) is 5.26 Å². The minimum absolute atomic E-state index is 0.252. The van der Waals surface area contributed by atoms with Crippen molar-refractivity contribution in [2.75, 3.05) is 11.9 Å². The van der Waals surface area contributed by atoms with E-state index in [1.165, 1.54) is 6.20 Å². The fourth-order valence-electron chi connectivity index (χ4n) is 3.10. The van der Waals surface area contributed by atoms with Crippen molar-refractivity contribution in [3.8, 4) is 6.07 Å². The van der Waals surface area contributed by atoms with E-state index in [9.17, 15) is 10.1 Å². The third-order valence-corrected chi connectivity index (χ3v) is 5.25. The number of nitrogens with one attached hydrogen (secondary N) is 1. The van der Waals surface area contributed by atoms with Crippen LogP contribution in [-0.2, 0) is 17.7 Å². The Balaban J connectivity index is 2.13. The van der Waals surface area contributed by atoms with E-state index in [1.807, 2.05) is 19.1 Å². The highest BCUT2D eigenvalue weighted by atomic mass is 35.5. The summed E-state index contributed by atoms with van der Waals surface area (Å²) < 4.78 is 5.20. The van der Waals surface area contributed by atoms with Crippen LogP contribution in [0.2, 0.25) is 10.0 Å². The maximum atomic E-state index is 12.5. The van der Waals surface area contributed by atoms with Gasteiger partial charge in [-0.2, -0.15) is 5.26 Å². The third-order valence-electron chi connectivity index (χ3n) is 4.51. The van der Waals surface area contributed by atoms with Gasteiger partial charge >= 0.3 is 5.97 Å². The highest BCUT2D eigenvalue weighted by Crippen LogP contribution is 2.31. The number of carbonyl (C=O) groups is 1. The molecule has 0 aliphatic rings. The molecule has 5 nitrogen and oxygen atoms in total. The second-order valence-electron chi connectivity index (χ2n) is 6.37. The molecule has 0 amide bonds. The van der Waals surface area contributed by atoms with Gasteiger partial charge in [0.25, 0.3) is 0 Å². The van der Waals surface area contributed by atoms with Crippen LogP contribution in [0.4, 0.5) is 5.69 Å². The number of nitriles is 1. The van der Waals surface area contributed by atoms with Crippen molar-refractivity contribution < 1.29 is 9.53 Å². The maximum absolute atomic E-state index is 12.5. The molecule has 1 N–H and O–H groups in total. The largest absolute Gasteiger partial charge is 0.462 e. The van der Waals surface area contributed by atoms with E-state index in [2.05, 4.69) is 16.4 Å². The number of anilines is 1. The minimum atomic E-state index is -0.473. The first kappa shape index (κ1) is 20.9. The molecule has 0 radical (unpaired) electrons. The van der Waals surface area contributed by atoms with E-state index in [1.54, 1.807) is 25.1 Å². The SMILES string of the molecule is CCOC(=O)c1cnc2c(CC)cc(C#N)cc2c1NCc1ccc(Cl)c(Cl)c1. The van der Waals surface area contributed by atoms with E-state index in [0.717, 1.165) is 16.6 Å². The third kappa shape index (κ3) is 4.45. The first-order valence-corrected chi connectivity index (χ1v) is 9.94. The molecule has 3 rings (SSSR count). The smallest absolute Gasteiger partial charge is 0.341 e. The number of aryl methyl sites for hydroxylation is 1. The van der Waals surface area contributed by atoms with Crippen molar-refractivity contribution in [3.63, 3.8) is 0 Å². The van der Waals surface area contributed by atoms with Crippen LogP contribution >= 0.6 is 23.2 Å². The van der Waals surface area contributed by atoms with Crippen molar-refractivity contribution in [2.24, 2.45) is 0 Å². The molecular weight excluding hydrogens is 409 g/mol. The van der Waals surface area contributed by atoms with E-state index >= 15 is 0 Å². The van der Waals surface area contributed by atoms with Gasteiger partial charge in [0.2, 0.25) is 0 Å². The number of hydrogen-bond donors (Lipinski definition) is 1. The molecule has 0 saturated heterocycles. The standard InChI is InChI=1S/C22H19Cl2N3O2/c1-3-15-7-14(10-25)8-16-20(15)27-12-17(22(28)29-4-2)21(16)26-11-13-5-6-18(23)19(24)9-13/h5-9,12H,3-4,11H2,1-2H3,(H,26,27). The van der Waals surface area contributed by atoms with Gasteiger partial charge in [0, 0.05) is 18.1 Å². The first-order chi connectivity index (χ1) is 14.0.